The van der Waals surface area contributed by atoms with Crippen molar-refractivity contribution >= 4 is 0 Å². The third-order valence-corrected chi connectivity index (χ3v) is 0. The third-order valence-electron chi connectivity index (χ3n) is 0. The molecule has 0 aromatic heterocycles. The smallest absolute Gasteiger partial charge is 0.0402 e. The van der Waals surface area contributed by atoms with Crippen molar-refractivity contribution in [3.05, 3.63) is 0 Å². The van der Waals surface area contributed by atoms with Crippen molar-refractivity contribution in [2.75, 3.05) is 6.61 Å². The van der Waals surface area contributed by atoms with Gasteiger partial charge in [-0.05, 0) is 6.92 Å². The van der Waals surface area contributed by atoms with Crippen LogP contribution in [-0.4, -0.2) is 11.7 Å². The van der Waals surface area contributed by atoms with Gasteiger partial charge in [-0.3, -0.25) is 0 Å². The van der Waals surface area contributed by atoms with Crippen molar-refractivity contribution in [2.24, 2.45) is 0 Å². The van der Waals surface area contributed by atoms with Gasteiger partial charge in [0.05, 0.1) is 0 Å². The number of hydrogen-bond acceptors (Lipinski definition) is 1. The molecule has 1 N–H and O–H groups in total. The van der Waals surface area contributed by atoms with Crippen LogP contribution >= 0.6 is 0 Å². The number of hydrogen-bond donors (Lipinski definition) is 1. The van der Waals surface area contributed by atoms with Gasteiger partial charge in [0.15, 0.2) is 0 Å². The molecule has 29 valence electrons. The Bertz CT molecular complexity index is 6.00. The minimum Gasteiger partial charge on any atom is -0.397 e. The van der Waals surface area contributed by atoms with Gasteiger partial charge in [0.1, 0.15) is 0 Å². The van der Waals surface area contributed by atoms with Crippen LogP contribution in [0.2, 0.25) is 0 Å². The van der Waals surface area contributed by atoms with Gasteiger partial charge in [-0.2, -0.15) is 0 Å². The van der Waals surface area contributed by atoms with Crippen LogP contribution in [0.25, 0.3) is 0 Å². The Hall–Kier alpha value is 1.25. The average molecular weight is 205 g/mol. The molecule has 0 unspecified atom stereocenters. The maximum atomic E-state index is 7.57. The predicted octanol–water partition coefficient (Wildman–Crippen LogP) is -0.00140. The summed E-state index contributed by atoms with van der Waals surface area (Å²) >= 11 is 0. The van der Waals surface area contributed by atoms with E-state index in [0.29, 0.717) is 0 Å². The van der Waals surface area contributed by atoms with E-state index in [-0.39, 0.29) is 45.2 Å². The van der Waals surface area contributed by atoms with Crippen LogP contribution in [0.15, 0.2) is 0 Å². The van der Waals surface area contributed by atoms with Crippen LogP contribution < -0.4 is 0 Å². The van der Waals surface area contributed by atoms with Crippen molar-refractivity contribution in [2.45, 2.75) is 6.92 Å². The Balaban J connectivity index is 0. The Labute approximate surface area is 56.8 Å². The van der Waals surface area contributed by atoms with Crippen LogP contribution in [0.5, 0.6) is 0 Å². The Morgan fingerprint density at radius 1 is 1.75 bits per heavy atom. The number of aliphatic hydroxyl groups excluding tert-OH is 1. The average Bonchev–Trinajstić information content (AvgIpc) is 0.918. The normalized spacial score (nSPS) is 4.50. The van der Waals surface area contributed by atoms with Crippen LogP contribution in [-0.2, 0) is 0 Å². The van der Waals surface area contributed by atoms with E-state index in [1.54, 1.807) is 6.92 Å². The maximum Gasteiger partial charge on any atom is 0.0402 e. The van der Waals surface area contributed by atoms with E-state index in [1.807, 2.05) is 0 Å². The first-order chi connectivity index (χ1) is 1.41. The van der Waals surface area contributed by atoms with E-state index < -0.39 is 0 Å². The standard InChI is InChI=1S/C2H6O.Tb/c1-2-3;/h3H,2H2,1H3;. The zero-order valence-corrected chi connectivity index (χ0v) is 4.63. The van der Waals surface area contributed by atoms with Crippen LogP contribution in [0.3, 0.4) is 0 Å². The quantitative estimate of drug-likeness (QED) is 0.590. The first-order valence-corrected chi connectivity index (χ1v) is 1.02. The van der Waals surface area contributed by atoms with Gasteiger partial charge in [0.2, 0.25) is 0 Å². The monoisotopic (exact) mass is 205 g/mol. The van der Waals surface area contributed by atoms with Gasteiger partial charge >= 0.3 is 0 Å². The van der Waals surface area contributed by atoms with E-state index in [2.05, 4.69) is 0 Å². The fourth-order valence-corrected chi connectivity index (χ4v) is 0. The van der Waals surface area contributed by atoms with E-state index in [0.717, 1.165) is 0 Å². The topological polar surface area (TPSA) is 20.2 Å². The molecule has 0 aromatic rings. The minimum atomic E-state index is 0. The second-order valence-corrected chi connectivity index (χ2v) is 0.316. The zero-order chi connectivity index (χ0) is 2.71. The summed E-state index contributed by atoms with van der Waals surface area (Å²) in [6.07, 6.45) is 0. The second kappa shape index (κ2) is 8.87. The molecular weight excluding hydrogens is 199 g/mol. The molecule has 1 nitrogen and oxygen atoms in total. The molecule has 0 amide bonds. The Kier molecular flexibility index (Phi) is 19.9. The Morgan fingerprint density at radius 3 is 1.75 bits per heavy atom. The van der Waals surface area contributed by atoms with Gasteiger partial charge in [0.25, 0.3) is 0 Å². The first kappa shape index (κ1) is 8.98. The van der Waals surface area contributed by atoms with E-state index in [4.69, 9.17) is 5.11 Å². The molecule has 0 aliphatic carbocycles. The van der Waals surface area contributed by atoms with Gasteiger partial charge in [-0.25, -0.2) is 0 Å². The molecule has 0 atom stereocenters. The largest absolute Gasteiger partial charge is 0.397 e. The van der Waals surface area contributed by atoms with E-state index in [1.165, 1.54) is 0 Å². The van der Waals surface area contributed by atoms with Gasteiger partial charge in [-0.15, -0.1) is 0 Å². The summed E-state index contributed by atoms with van der Waals surface area (Å²) in [4.78, 5) is 0. The van der Waals surface area contributed by atoms with Crippen molar-refractivity contribution in [3.63, 3.8) is 0 Å². The second-order valence-electron chi connectivity index (χ2n) is 0.316. The van der Waals surface area contributed by atoms with Crippen LogP contribution in [0.4, 0.5) is 0 Å². The van der Waals surface area contributed by atoms with Crippen molar-refractivity contribution in [3.8, 4) is 0 Å². The molecule has 4 heavy (non-hydrogen) atoms. The fourth-order valence-electron chi connectivity index (χ4n) is 0. The summed E-state index contributed by atoms with van der Waals surface area (Å²) in [5.41, 5.74) is 0. The molecule has 0 spiro atoms. The molecule has 0 aromatic carbocycles. The minimum absolute atomic E-state index is 0. The predicted molar refractivity (Wildman–Crippen MR) is 12.8 cm³/mol. The van der Waals surface area contributed by atoms with Gasteiger partial charge < -0.3 is 5.11 Å². The summed E-state index contributed by atoms with van der Waals surface area (Å²) in [5.74, 6) is 0. The van der Waals surface area contributed by atoms with Crippen LogP contribution in [0, 0.1) is 38.6 Å². The number of rotatable bonds is 0. The molecule has 0 aliphatic heterocycles. The van der Waals surface area contributed by atoms with Crippen molar-refractivity contribution in [1.29, 1.82) is 0 Å². The molecule has 0 saturated heterocycles. The van der Waals surface area contributed by atoms with Gasteiger partial charge in [0, 0.05) is 45.2 Å². The summed E-state index contributed by atoms with van der Waals surface area (Å²) < 4.78 is 0. The molecule has 0 heterocycles. The maximum absolute atomic E-state index is 7.57. The van der Waals surface area contributed by atoms with E-state index in [9.17, 15) is 0 Å². The molecule has 0 fully saturated rings. The van der Waals surface area contributed by atoms with Gasteiger partial charge in [-0.1, -0.05) is 0 Å². The summed E-state index contributed by atoms with van der Waals surface area (Å²) in [7, 11) is 0. The Morgan fingerprint density at radius 2 is 1.75 bits per heavy atom. The zero-order valence-electron chi connectivity index (χ0n) is 2.49. The van der Waals surface area contributed by atoms with Crippen molar-refractivity contribution in [1.82, 2.24) is 0 Å². The number of aliphatic hydroxyl groups is 1. The SMILES string of the molecule is CCO.[Tb]. The molecule has 0 saturated carbocycles. The summed E-state index contributed by atoms with van der Waals surface area (Å²) in [5, 5.41) is 7.57. The summed E-state index contributed by atoms with van der Waals surface area (Å²) in [6, 6.07) is 0. The molecule has 2 heteroatoms. The summed E-state index contributed by atoms with van der Waals surface area (Å²) in [6.45, 7) is 1.93. The molecule has 0 rings (SSSR count). The van der Waals surface area contributed by atoms with E-state index >= 15 is 0 Å². The van der Waals surface area contributed by atoms with Crippen LogP contribution in [0.1, 0.15) is 6.92 Å². The molecule has 0 aliphatic rings. The molecular formula is C2H6OTb. The molecule has 1 radical (unpaired) electrons. The third kappa shape index (κ3) is 10.5. The molecule has 0 bridgehead atoms. The first-order valence-electron chi connectivity index (χ1n) is 1.02. The fraction of sp³-hybridized carbons (Fsp3) is 1.00. The van der Waals surface area contributed by atoms with Crippen molar-refractivity contribution < 1.29 is 43.7 Å².